The van der Waals surface area contributed by atoms with Gasteiger partial charge in [0.2, 0.25) is 15.9 Å². The number of aromatic nitrogens is 3. The second-order valence-corrected chi connectivity index (χ2v) is 7.70. The zero-order chi connectivity index (χ0) is 17.7. The third-order valence-corrected chi connectivity index (χ3v) is 5.45. The first-order chi connectivity index (χ1) is 11.3. The van der Waals surface area contributed by atoms with Crippen molar-refractivity contribution in [1.29, 1.82) is 0 Å². The Bertz CT molecular complexity index is 801. The predicted octanol–water partition coefficient (Wildman–Crippen LogP) is 1.26. The van der Waals surface area contributed by atoms with Gasteiger partial charge in [0.05, 0.1) is 4.90 Å². The number of benzene rings is 1. The van der Waals surface area contributed by atoms with Gasteiger partial charge in [-0.15, -0.1) is 0 Å². The average Bonchev–Trinajstić information content (AvgIpc) is 3.02. The molecule has 0 radical (unpaired) electrons. The first kappa shape index (κ1) is 18.1. The van der Waals surface area contributed by atoms with E-state index in [9.17, 15) is 13.2 Å². The molecule has 2 rings (SSSR count). The van der Waals surface area contributed by atoms with Gasteiger partial charge in [-0.25, -0.2) is 17.7 Å². The molecule has 0 bridgehead atoms. The van der Waals surface area contributed by atoms with E-state index in [0.29, 0.717) is 30.6 Å². The highest BCUT2D eigenvalue weighted by atomic mass is 32.2. The van der Waals surface area contributed by atoms with Crippen LogP contribution in [0.3, 0.4) is 0 Å². The van der Waals surface area contributed by atoms with Gasteiger partial charge in [0.1, 0.15) is 12.7 Å². The lowest BCUT2D eigenvalue weighted by Gasteiger charge is -2.15. The highest BCUT2D eigenvalue weighted by Crippen LogP contribution is 2.22. The minimum atomic E-state index is -3.55. The van der Waals surface area contributed by atoms with E-state index in [0.717, 1.165) is 4.31 Å². The van der Waals surface area contributed by atoms with Crippen molar-refractivity contribution in [3.05, 3.63) is 36.4 Å². The van der Waals surface area contributed by atoms with E-state index in [1.807, 2.05) is 0 Å². The molecule has 0 spiro atoms. The average molecular weight is 351 g/mol. The van der Waals surface area contributed by atoms with Crippen LogP contribution in [0, 0.1) is 6.92 Å². The summed E-state index contributed by atoms with van der Waals surface area (Å²) in [4.78, 5) is 16.0. The van der Waals surface area contributed by atoms with Crippen LogP contribution >= 0.6 is 0 Å². The van der Waals surface area contributed by atoms with E-state index in [1.54, 1.807) is 30.1 Å². The first-order valence-corrected chi connectivity index (χ1v) is 8.90. The lowest BCUT2D eigenvalue weighted by Crippen LogP contribution is -2.23. The molecule has 24 heavy (non-hydrogen) atoms. The largest absolute Gasteiger partial charge is 0.326 e. The fourth-order valence-electron chi connectivity index (χ4n) is 2.13. The molecule has 130 valence electrons. The molecule has 0 atom stereocenters. The van der Waals surface area contributed by atoms with Gasteiger partial charge in [-0.1, -0.05) is 6.07 Å². The smallest absolute Gasteiger partial charge is 0.242 e. The third kappa shape index (κ3) is 4.39. The maximum Gasteiger partial charge on any atom is 0.242 e. The summed E-state index contributed by atoms with van der Waals surface area (Å²) in [5, 5.41) is 6.70. The van der Waals surface area contributed by atoms with Crippen LogP contribution < -0.4 is 5.32 Å². The van der Waals surface area contributed by atoms with Crippen LogP contribution in [-0.4, -0.2) is 47.5 Å². The Hall–Kier alpha value is -2.26. The molecule has 1 N–H and O–H groups in total. The Morgan fingerprint density at radius 2 is 2.08 bits per heavy atom. The van der Waals surface area contributed by atoms with Crippen molar-refractivity contribution in [3.63, 3.8) is 0 Å². The second kappa shape index (κ2) is 7.54. The maximum atomic E-state index is 12.3. The highest BCUT2D eigenvalue weighted by Gasteiger charge is 2.20. The van der Waals surface area contributed by atoms with E-state index in [4.69, 9.17) is 0 Å². The summed E-state index contributed by atoms with van der Waals surface area (Å²) < 4.78 is 27.4. The van der Waals surface area contributed by atoms with E-state index in [-0.39, 0.29) is 10.8 Å². The van der Waals surface area contributed by atoms with Gasteiger partial charge in [-0.05, 0) is 31.0 Å². The molecule has 0 saturated heterocycles. The monoisotopic (exact) mass is 351 g/mol. The minimum absolute atomic E-state index is 0.174. The van der Waals surface area contributed by atoms with Crippen LogP contribution in [0.2, 0.25) is 0 Å². The van der Waals surface area contributed by atoms with E-state index in [1.165, 1.54) is 26.5 Å². The highest BCUT2D eigenvalue weighted by molar-refractivity contribution is 7.89. The molecule has 8 nitrogen and oxygen atoms in total. The summed E-state index contributed by atoms with van der Waals surface area (Å²) in [5.41, 5.74) is 1.10. The number of carbonyl (C=O) groups is 1. The molecule has 9 heteroatoms. The SMILES string of the molecule is Cc1ccc(NC(=O)CCCn2cncn2)cc1S(=O)(=O)N(C)C. The summed E-state index contributed by atoms with van der Waals surface area (Å²) in [6.45, 7) is 2.32. The third-order valence-electron chi connectivity index (χ3n) is 3.49. The summed E-state index contributed by atoms with van der Waals surface area (Å²) in [6.07, 6.45) is 3.96. The molecule has 0 saturated carbocycles. The summed E-state index contributed by atoms with van der Waals surface area (Å²) in [7, 11) is -0.596. The van der Waals surface area contributed by atoms with Crippen LogP contribution in [0.25, 0.3) is 0 Å². The number of hydrogen-bond acceptors (Lipinski definition) is 5. The molecular weight excluding hydrogens is 330 g/mol. The van der Waals surface area contributed by atoms with Gasteiger partial charge >= 0.3 is 0 Å². The number of nitrogens with zero attached hydrogens (tertiary/aromatic N) is 4. The molecule has 1 amide bonds. The van der Waals surface area contributed by atoms with Crippen molar-refractivity contribution < 1.29 is 13.2 Å². The standard InChI is InChI=1S/C15H21N5O3S/c1-12-6-7-13(9-14(12)24(22,23)19(2)3)18-15(21)5-4-8-20-11-16-10-17-20/h6-7,9-11H,4-5,8H2,1-3H3,(H,18,21). The van der Waals surface area contributed by atoms with Crippen LogP contribution in [0.1, 0.15) is 18.4 Å². The number of anilines is 1. The van der Waals surface area contributed by atoms with Crippen LogP contribution in [0.15, 0.2) is 35.7 Å². The van der Waals surface area contributed by atoms with Gasteiger partial charge in [0, 0.05) is 32.7 Å². The van der Waals surface area contributed by atoms with Crippen molar-refractivity contribution in [3.8, 4) is 0 Å². The van der Waals surface area contributed by atoms with Crippen LogP contribution in [0.4, 0.5) is 5.69 Å². The fourth-order valence-corrected chi connectivity index (χ4v) is 3.27. The van der Waals surface area contributed by atoms with E-state index >= 15 is 0 Å². The van der Waals surface area contributed by atoms with Crippen LogP contribution in [-0.2, 0) is 21.4 Å². The normalized spacial score (nSPS) is 11.7. The zero-order valence-electron chi connectivity index (χ0n) is 13.9. The van der Waals surface area contributed by atoms with Gasteiger partial charge in [0.25, 0.3) is 0 Å². The quantitative estimate of drug-likeness (QED) is 0.810. The molecular formula is C15H21N5O3S. The number of carbonyl (C=O) groups excluding carboxylic acids is 1. The van der Waals surface area contributed by atoms with E-state index < -0.39 is 10.0 Å². The molecule has 1 aromatic carbocycles. The van der Waals surface area contributed by atoms with Crippen LogP contribution in [0.5, 0.6) is 0 Å². The molecule has 1 heterocycles. The van der Waals surface area contributed by atoms with Gasteiger partial charge in [-0.3, -0.25) is 9.48 Å². The number of hydrogen-bond donors (Lipinski definition) is 1. The summed E-state index contributed by atoms with van der Waals surface area (Å²) >= 11 is 0. The molecule has 1 aromatic heterocycles. The minimum Gasteiger partial charge on any atom is -0.326 e. The molecule has 0 aliphatic carbocycles. The Morgan fingerprint density at radius 1 is 1.33 bits per heavy atom. The number of sulfonamides is 1. The van der Waals surface area contributed by atoms with Gasteiger partial charge in [0.15, 0.2) is 0 Å². The number of rotatable bonds is 7. The zero-order valence-corrected chi connectivity index (χ0v) is 14.7. The molecule has 0 aliphatic rings. The first-order valence-electron chi connectivity index (χ1n) is 7.46. The summed E-state index contributed by atoms with van der Waals surface area (Å²) in [5.74, 6) is -0.174. The fraction of sp³-hybridized carbons (Fsp3) is 0.400. The topological polar surface area (TPSA) is 97.2 Å². The predicted molar refractivity (Wildman–Crippen MR) is 89.9 cm³/mol. The number of nitrogens with one attached hydrogen (secondary N) is 1. The molecule has 2 aromatic rings. The van der Waals surface area contributed by atoms with Gasteiger partial charge < -0.3 is 5.32 Å². The van der Waals surface area contributed by atoms with Crippen molar-refractivity contribution in [2.24, 2.45) is 0 Å². The lowest BCUT2D eigenvalue weighted by atomic mass is 10.2. The van der Waals surface area contributed by atoms with Gasteiger partial charge in [-0.2, -0.15) is 5.10 Å². The Morgan fingerprint density at radius 3 is 2.71 bits per heavy atom. The van der Waals surface area contributed by atoms with Crippen molar-refractivity contribution >= 4 is 21.6 Å². The maximum absolute atomic E-state index is 12.3. The Kier molecular flexibility index (Phi) is 5.68. The Labute approximate surface area is 141 Å². The van der Waals surface area contributed by atoms with Crippen molar-refractivity contribution in [2.45, 2.75) is 31.2 Å². The second-order valence-electron chi connectivity index (χ2n) is 5.58. The van der Waals surface area contributed by atoms with Crippen molar-refractivity contribution in [2.75, 3.05) is 19.4 Å². The molecule has 0 fully saturated rings. The molecule has 0 aliphatic heterocycles. The number of amides is 1. The molecule has 0 unspecified atom stereocenters. The number of aryl methyl sites for hydroxylation is 2. The lowest BCUT2D eigenvalue weighted by molar-refractivity contribution is -0.116. The Balaban J connectivity index is 2.01. The summed E-state index contributed by atoms with van der Waals surface area (Å²) in [6, 6.07) is 4.86. The van der Waals surface area contributed by atoms with Crippen molar-refractivity contribution in [1.82, 2.24) is 19.1 Å². The van der Waals surface area contributed by atoms with E-state index in [2.05, 4.69) is 15.4 Å².